The second-order valence-electron chi connectivity index (χ2n) is 8.19. The van der Waals surface area contributed by atoms with Crippen LogP contribution in [0, 0.1) is 0 Å². The Kier molecular flexibility index (Phi) is 7.48. The van der Waals surface area contributed by atoms with Crippen molar-refractivity contribution in [3.05, 3.63) is 52.8 Å². The van der Waals surface area contributed by atoms with Crippen molar-refractivity contribution in [3.63, 3.8) is 0 Å². The standard InChI is InChI=1S/C22H30ClN5.HI/c1-3-24-21(28-12-9-17(15-28)18-13-26-27(2)14-18)25-16-22(10-4-11-22)19-5-7-20(23)8-6-19;/h5-8,13-14,17H,3-4,9-12,15-16H2,1-2H3,(H,24,25);1H. The molecule has 1 atom stereocenters. The summed E-state index contributed by atoms with van der Waals surface area (Å²) in [4.78, 5) is 7.51. The third kappa shape index (κ3) is 4.90. The molecule has 0 radical (unpaired) electrons. The zero-order valence-corrected chi connectivity index (χ0v) is 20.4. The largest absolute Gasteiger partial charge is 0.357 e. The molecule has 2 heterocycles. The van der Waals surface area contributed by atoms with Crippen LogP contribution >= 0.6 is 35.6 Å². The summed E-state index contributed by atoms with van der Waals surface area (Å²) >= 11 is 6.09. The van der Waals surface area contributed by atoms with Gasteiger partial charge in [0.2, 0.25) is 0 Å². The molecule has 1 saturated heterocycles. The topological polar surface area (TPSA) is 45.5 Å². The third-order valence-electron chi connectivity index (χ3n) is 6.32. The van der Waals surface area contributed by atoms with Crippen molar-refractivity contribution in [2.75, 3.05) is 26.2 Å². The van der Waals surface area contributed by atoms with E-state index in [1.54, 1.807) is 0 Å². The summed E-state index contributed by atoms with van der Waals surface area (Å²) in [5.74, 6) is 1.58. The Morgan fingerprint density at radius 2 is 2.07 bits per heavy atom. The van der Waals surface area contributed by atoms with Crippen molar-refractivity contribution in [1.82, 2.24) is 20.0 Å². The number of likely N-dealkylation sites (tertiary alicyclic amines) is 1. The Hall–Kier alpha value is -1.28. The Morgan fingerprint density at radius 1 is 1.31 bits per heavy atom. The molecule has 1 aliphatic carbocycles. The number of nitrogens with one attached hydrogen (secondary N) is 1. The fourth-order valence-corrected chi connectivity index (χ4v) is 4.60. The van der Waals surface area contributed by atoms with Crippen LogP contribution in [0.25, 0.3) is 0 Å². The van der Waals surface area contributed by atoms with Crippen molar-refractivity contribution in [3.8, 4) is 0 Å². The molecule has 0 spiro atoms. The van der Waals surface area contributed by atoms with Gasteiger partial charge in [-0.15, -0.1) is 24.0 Å². The number of rotatable bonds is 5. The van der Waals surface area contributed by atoms with E-state index in [9.17, 15) is 0 Å². The van der Waals surface area contributed by atoms with Gasteiger partial charge in [-0.2, -0.15) is 5.10 Å². The van der Waals surface area contributed by atoms with E-state index in [0.29, 0.717) is 5.92 Å². The number of halogens is 2. The first kappa shape index (κ1) is 22.4. The molecule has 1 aliphatic heterocycles. The number of benzene rings is 1. The van der Waals surface area contributed by atoms with Crippen molar-refractivity contribution in [2.24, 2.45) is 12.0 Å². The molecule has 2 fully saturated rings. The van der Waals surface area contributed by atoms with Crippen LogP contribution in [0.4, 0.5) is 0 Å². The fraction of sp³-hybridized carbons (Fsp3) is 0.545. The van der Waals surface area contributed by atoms with Crippen LogP contribution in [0.2, 0.25) is 5.02 Å². The SMILES string of the molecule is CCNC(=NCC1(c2ccc(Cl)cc2)CCC1)N1CCC(c2cnn(C)c2)C1.I. The molecule has 1 saturated carbocycles. The maximum absolute atomic E-state index is 6.09. The van der Waals surface area contributed by atoms with E-state index in [4.69, 9.17) is 16.6 Å². The van der Waals surface area contributed by atoms with Gasteiger partial charge in [0.15, 0.2) is 5.96 Å². The minimum absolute atomic E-state index is 0. The Labute approximate surface area is 195 Å². The first-order valence-corrected chi connectivity index (χ1v) is 10.8. The summed E-state index contributed by atoms with van der Waals surface area (Å²) in [6, 6.07) is 8.37. The van der Waals surface area contributed by atoms with Crippen LogP contribution in [0.3, 0.4) is 0 Å². The number of aromatic nitrogens is 2. The summed E-state index contributed by atoms with van der Waals surface area (Å²) in [7, 11) is 1.98. The Bertz CT molecular complexity index is 828. The van der Waals surface area contributed by atoms with E-state index in [1.807, 2.05) is 30.1 Å². The van der Waals surface area contributed by atoms with E-state index in [-0.39, 0.29) is 29.4 Å². The molecule has 4 rings (SSSR count). The van der Waals surface area contributed by atoms with Crippen LogP contribution in [0.1, 0.15) is 49.7 Å². The second kappa shape index (κ2) is 9.69. The van der Waals surface area contributed by atoms with E-state index >= 15 is 0 Å². The molecule has 2 aliphatic rings. The van der Waals surface area contributed by atoms with Crippen molar-refractivity contribution < 1.29 is 0 Å². The summed E-state index contributed by atoms with van der Waals surface area (Å²) in [5.41, 5.74) is 2.88. The highest BCUT2D eigenvalue weighted by Crippen LogP contribution is 2.44. The summed E-state index contributed by atoms with van der Waals surface area (Å²) < 4.78 is 1.89. The summed E-state index contributed by atoms with van der Waals surface area (Å²) in [5, 5.41) is 8.65. The molecule has 5 nitrogen and oxygen atoms in total. The highest BCUT2D eigenvalue weighted by atomic mass is 127. The molecular formula is C22H31ClIN5. The normalized spacial score (nSPS) is 20.9. The molecule has 29 heavy (non-hydrogen) atoms. The van der Waals surface area contributed by atoms with Gasteiger partial charge in [-0.1, -0.05) is 30.2 Å². The van der Waals surface area contributed by atoms with Gasteiger partial charge in [0, 0.05) is 49.2 Å². The average Bonchev–Trinajstić information content (AvgIpc) is 3.30. The number of guanidine groups is 1. The average molecular weight is 528 g/mol. The molecule has 1 aromatic carbocycles. The van der Waals surface area contributed by atoms with E-state index in [2.05, 4.69) is 40.6 Å². The van der Waals surface area contributed by atoms with Crippen LogP contribution < -0.4 is 5.32 Å². The number of nitrogens with zero attached hydrogens (tertiary/aromatic N) is 4. The highest BCUT2D eigenvalue weighted by molar-refractivity contribution is 14.0. The number of aryl methyl sites for hydroxylation is 1. The molecule has 2 aromatic rings. The Balaban J connectivity index is 0.00000240. The number of hydrogen-bond acceptors (Lipinski definition) is 2. The van der Waals surface area contributed by atoms with E-state index < -0.39 is 0 Å². The van der Waals surface area contributed by atoms with Gasteiger partial charge in [0.1, 0.15) is 0 Å². The Morgan fingerprint density at radius 3 is 2.66 bits per heavy atom. The van der Waals surface area contributed by atoms with E-state index in [1.165, 1.54) is 30.4 Å². The zero-order chi connectivity index (χ0) is 19.6. The minimum atomic E-state index is 0. The molecule has 158 valence electrons. The highest BCUT2D eigenvalue weighted by Gasteiger charge is 2.39. The molecule has 0 amide bonds. The van der Waals surface area contributed by atoms with Crippen LogP contribution in [0.15, 0.2) is 41.7 Å². The number of aliphatic imine (C=N–C) groups is 1. The van der Waals surface area contributed by atoms with Crippen LogP contribution in [-0.4, -0.2) is 46.8 Å². The first-order valence-electron chi connectivity index (χ1n) is 10.4. The first-order chi connectivity index (χ1) is 13.6. The predicted octanol–water partition coefficient (Wildman–Crippen LogP) is 4.57. The van der Waals surface area contributed by atoms with Gasteiger partial charge in [-0.25, -0.2) is 0 Å². The van der Waals surface area contributed by atoms with Gasteiger partial charge < -0.3 is 10.2 Å². The van der Waals surface area contributed by atoms with Crippen molar-refractivity contribution >= 4 is 41.5 Å². The van der Waals surface area contributed by atoms with Gasteiger partial charge >= 0.3 is 0 Å². The quantitative estimate of drug-likeness (QED) is 0.352. The summed E-state index contributed by atoms with van der Waals surface area (Å²) in [6.07, 6.45) is 8.98. The van der Waals surface area contributed by atoms with Gasteiger partial charge in [0.05, 0.1) is 12.7 Å². The minimum Gasteiger partial charge on any atom is -0.357 e. The molecular weight excluding hydrogens is 497 g/mol. The predicted molar refractivity (Wildman–Crippen MR) is 131 cm³/mol. The van der Waals surface area contributed by atoms with Gasteiger partial charge in [0.25, 0.3) is 0 Å². The summed E-state index contributed by atoms with van der Waals surface area (Å²) in [6.45, 7) is 5.92. The molecule has 1 N–H and O–H groups in total. The fourth-order valence-electron chi connectivity index (χ4n) is 4.47. The van der Waals surface area contributed by atoms with E-state index in [0.717, 1.165) is 43.6 Å². The molecule has 1 unspecified atom stereocenters. The third-order valence-corrected chi connectivity index (χ3v) is 6.57. The van der Waals surface area contributed by atoms with Crippen molar-refractivity contribution in [2.45, 2.75) is 43.9 Å². The smallest absolute Gasteiger partial charge is 0.193 e. The number of hydrogen-bond donors (Lipinski definition) is 1. The lowest BCUT2D eigenvalue weighted by atomic mass is 9.64. The lowest BCUT2D eigenvalue weighted by molar-refractivity contribution is 0.252. The lowest BCUT2D eigenvalue weighted by Crippen LogP contribution is -2.43. The monoisotopic (exact) mass is 527 g/mol. The van der Waals surface area contributed by atoms with Gasteiger partial charge in [-0.3, -0.25) is 9.67 Å². The van der Waals surface area contributed by atoms with Crippen LogP contribution in [-0.2, 0) is 12.5 Å². The maximum atomic E-state index is 6.09. The molecule has 7 heteroatoms. The van der Waals surface area contributed by atoms with Gasteiger partial charge in [-0.05, 0) is 49.4 Å². The second-order valence-corrected chi connectivity index (χ2v) is 8.63. The lowest BCUT2D eigenvalue weighted by Gasteiger charge is -2.41. The van der Waals surface area contributed by atoms with Crippen LogP contribution in [0.5, 0.6) is 0 Å². The molecule has 1 aromatic heterocycles. The zero-order valence-electron chi connectivity index (χ0n) is 17.3. The van der Waals surface area contributed by atoms with Crippen molar-refractivity contribution in [1.29, 1.82) is 0 Å². The molecule has 0 bridgehead atoms. The maximum Gasteiger partial charge on any atom is 0.193 e.